The molecule has 3 nitrogen and oxygen atoms in total. The van der Waals surface area contributed by atoms with Gasteiger partial charge in [-0.2, -0.15) is 0 Å². The van der Waals surface area contributed by atoms with E-state index >= 15 is 0 Å². The van der Waals surface area contributed by atoms with Gasteiger partial charge in [-0.15, -0.1) is 0 Å². The van der Waals surface area contributed by atoms with Gasteiger partial charge in [0, 0.05) is 13.1 Å². The highest BCUT2D eigenvalue weighted by Gasteiger charge is 2.27. The number of hydrogen-bond acceptors (Lipinski definition) is 3. The molecule has 0 atom stereocenters. The number of benzene rings is 1. The molecule has 1 aliphatic heterocycles. The third-order valence-corrected chi connectivity index (χ3v) is 4.75. The van der Waals surface area contributed by atoms with Crippen molar-refractivity contribution in [2.75, 3.05) is 33.8 Å². The SMILES string of the molecule is CN1CCN(C)P1OCCc1ccccc1. The molecule has 0 N–H and O–H groups in total. The third kappa shape index (κ3) is 3.02. The van der Waals surface area contributed by atoms with Crippen molar-refractivity contribution in [3.05, 3.63) is 35.9 Å². The molecule has 1 saturated heterocycles. The summed E-state index contributed by atoms with van der Waals surface area (Å²) in [7, 11) is 3.78. The lowest BCUT2D eigenvalue weighted by Crippen LogP contribution is -2.11. The van der Waals surface area contributed by atoms with Gasteiger partial charge in [-0.05, 0) is 26.1 Å². The Morgan fingerprint density at radius 3 is 2.38 bits per heavy atom. The van der Waals surface area contributed by atoms with E-state index in [1.807, 2.05) is 6.07 Å². The highest BCUT2D eigenvalue weighted by atomic mass is 31.2. The Bertz CT molecular complexity index is 310. The molecule has 0 radical (unpaired) electrons. The first kappa shape index (κ1) is 12.0. The molecule has 0 saturated carbocycles. The van der Waals surface area contributed by atoms with E-state index in [1.165, 1.54) is 5.56 Å². The van der Waals surface area contributed by atoms with Crippen LogP contribution in [0.4, 0.5) is 0 Å². The molecule has 0 aliphatic carbocycles. The zero-order valence-corrected chi connectivity index (χ0v) is 10.9. The van der Waals surface area contributed by atoms with Crippen LogP contribution < -0.4 is 0 Å². The molecule has 1 heterocycles. The summed E-state index contributed by atoms with van der Waals surface area (Å²) in [6, 6.07) is 10.5. The monoisotopic (exact) mass is 238 g/mol. The van der Waals surface area contributed by atoms with E-state index < -0.39 is 8.45 Å². The molecule has 1 fully saturated rings. The van der Waals surface area contributed by atoms with Crippen molar-refractivity contribution in [1.82, 2.24) is 9.34 Å². The minimum absolute atomic E-state index is 0.497. The zero-order chi connectivity index (χ0) is 11.4. The summed E-state index contributed by atoms with van der Waals surface area (Å²) in [5.41, 5.74) is 1.35. The van der Waals surface area contributed by atoms with E-state index in [0.29, 0.717) is 0 Å². The largest absolute Gasteiger partial charge is 0.331 e. The van der Waals surface area contributed by atoms with Crippen LogP contribution in [0, 0.1) is 0 Å². The molecule has 1 aromatic carbocycles. The molecule has 0 aromatic heterocycles. The van der Waals surface area contributed by atoms with Crippen LogP contribution in [-0.2, 0) is 10.9 Å². The average Bonchev–Trinajstić information content (AvgIpc) is 2.62. The van der Waals surface area contributed by atoms with E-state index in [0.717, 1.165) is 26.1 Å². The molecule has 1 aliphatic rings. The topological polar surface area (TPSA) is 15.7 Å². The van der Waals surface area contributed by atoms with Gasteiger partial charge < -0.3 is 4.52 Å². The Morgan fingerprint density at radius 2 is 1.75 bits per heavy atom. The van der Waals surface area contributed by atoms with Gasteiger partial charge in [0.15, 0.2) is 8.45 Å². The van der Waals surface area contributed by atoms with Crippen molar-refractivity contribution in [3.63, 3.8) is 0 Å². The van der Waals surface area contributed by atoms with Crippen molar-refractivity contribution in [3.8, 4) is 0 Å². The molecular weight excluding hydrogens is 219 g/mol. The summed E-state index contributed by atoms with van der Waals surface area (Å²) in [5, 5.41) is 0. The number of nitrogens with zero attached hydrogens (tertiary/aromatic N) is 2. The second-order valence-corrected chi connectivity index (χ2v) is 6.21. The normalized spacial score (nSPS) is 19.4. The summed E-state index contributed by atoms with van der Waals surface area (Å²) in [5.74, 6) is 0. The molecular formula is C12H19N2OP. The van der Waals surface area contributed by atoms with Crippen LogP contribution in [-0.4, -0.2) is 43.1 Å². The van der Waals surface area contributed by atoms with Gasteiger partial charge in [-0.3, -0.25) is 0 Å². The summed E-state index contributed by atoms with van der Waals surface area (Å²) in [4.78, 5) is 0. The molecule has 0 unspecified atom stereocenters. The lowest BCUT2D eigenvalue weighted by atomic mass is 10.2. The molecule has 4 heteroatoms. The van der Waals surface area contributed by atoms with Crippen LogP contribution in [0.1, 0.15) is 5.56 Å². The number of rotatable bonds is 4. The van der Waals surface area contributed by atoms with E-state index in [4.69, 9.17) is 4.52 Å². The number of hydrogen-bond donors (Lipinski definition) is 0. The summed E-state index contributed by atoms with van der Waals surface area (Å²) >= 11 is 0. The minimum atomic E-state index is -0.497. The van der Waals surface area contributed by atoms with Gasteiger partial charge in [0.1, 0.15) is 0 Å². The molecule has 0 bridgehead atoms. The second-order valence-electron chi connectivity index (χ2n) is 4.08. The van der Waals surface area contributed by atoms with E-state index in [-0.39, 0.29) is 0 Å². The molecule has 16 heavy (non-hydrogen) atoms. The van der Waals surface area contributed by atoms with Gasteiger partial charge in [-0.25, -0.2) is 9.34 Å². The first-order valence-electron chi connectivity index (χ1n) is 5.66. The minimum Gasteiger partial charge on any atom is -0.331 e. The van der Waals surface area contributed by atoms with Crippen LogP contribution in [0.15, 0.2) is 30.3 Å². The van der Waals surface area contributed by atoms with Gasteiger partial charge in [-0.1, -0.05) is 30.3 Å². The highest BCUT2D eigenvalue weighted by Crippen LogP contribution is 2.46. The standard InChI is InChI=1S/C12H19N2OP/c1-13-9-10-14(2)16(13)15-11-8-12-6-4-3-5-7-12/h3-7H,8-11H2,1-2H3. The van der Waals surface area contributed by atoms with Gasteiger partial charge in [0.25, 0.3) is 0 Å². The van der Waals surface area contributed by atoms with Gasteiger partial charge >= 0.3 is 0 Å². The van der Waals surface area contributed by atoms with E-state index in [9.17, 15) is 0 Å². The van der Waals surface area contributed by atoms with Crippen molar-refractivity contribution in [1.29, 1.82) is 0 Å². The van der Waals surface area contributed by atoms with E-state index in [2.05, 4.69) is 47.7 Å². The van der Waals surface area contributed by atoms with Crippen LogP contribution >= 0.6 is 8.45 Å². The van der Waals surface area contributed by atoms with Crippen molar-refractivity contribution >= 4 is 8.45 Å². The molecule has 1 aromatic rings. The predicted octanol–water partition coefficient (Wildman–Crippen LogP) is 2.35. The Kier molecular flexibility index (Phi) is 4.30. The van der Waals surface area contributed by atoms with Crippen LogP contribution in [0.5, 0.6) is 0 Å². The summed E-state index contributed by atoms with van der Waals surface area (Å²) in [6.45, 7) is 3.05. The zero-order valence-electron chi connectivity index (χ0n) is 9.97. The summed E-state index contributed by atoms with van der Waals surface area (Å²) in [6.07, 6.45) is 1.00. The average molecular weight is 238 g/mol. The fourth-order valence-electron chi connectivity index (χ4n) is 1.81. The smallest absolute Gasteiger partial charge is 0.187 e. The first-order chi connectivity index (χ1) is 7.77. The Hall–Kier alpha value is -0.470. The maximum atomic E-state index is 5.95. The lowest BCUT2D eigenvalue weighted by Gasteiger charge is -2.23. The lowest BCUT2D eigenvalue weighted by molar-refractivity contribution is 0.315. The Morgan fingerprint density at radius 1 is 1.12 bits per heavy atom. The second kappa shape index (κ2) is 5.74. The summed E-state index contributed by atoms with van der Waals surface area (Å²) < 4.78 is 10.6. The quantitative estimate of drug-likeness (QED) is 0.749. The van der Waals surface area contributed by atoms with Crippen molar-refractivity contribution in [2.24, 2.45) is 0 Å². The van der Waals surface area contributed by atoms with Crippen LogP contribution in [0.2, 0.25) is 0 Å². The third-order valence-electron chi connectivity index (χ3n) is 2.77. The van der Waals surface area contributed by atoms with Crippen molar-refractivity contribution in [2.45, 2.75) is 6.42 Å². The molecule has 0 spiro atoms. The maximum absolute atomic E-state index is 5.95. The number of likely N-dealkylation sites (N-methyl/N-ethyl adjacent to an activating group) is 2. The Balaban J connectivity index is 1.76. The molecule has 88 valence electrons. The first-order valence-corrected chi connectivity index (χ1v) is 6.83. The van der Waals surface area contributed by atoms with Crippen LogP contribution in [0.3, 0.4) is 0 Å². The predicted molar refractivity (Wildman–Crippen MR) is 68.3 cm³/mol. The molecule has 2 rings (SSSR count). The van der Waals surface area contributed by atoms with Crippen molar-refractivity contribution < 1.29 is 4.52 Å². The maximum Gasteiger partial charge on any atom is 0.187 e. The van der Waals surface area contributed by atoms with Crippen LogP contribution in [0.25, 0.3) is 0 Å². The Labute approximate surface area is 98.9 Å². The molecule has 0 amide bonds. The van der Waals surface area contributed by atoms with Gasteiger partial charge in [0.2, 0.25) is 0 Å². The fourth-order valence-corrected chi connectivity index (χ4v) is 3.50. The van der Waals surface area contributed by atoms with E-state index in [1.54, 1.807) is 0 Å². The highest BCUT2D eigenvalue weighted by molar-refractivity contribution is 7.47. The van der Waals surface area contributed by atoms with Gasteiger partial charge in [0.05, 0.1) is 6.61 Å². The fraction of sp³-hybridized carbons (Fsp3) is 0.500.